The average Bonchev–Trinajstić information content (AvgIpc) is 2.83. The van der Waals surface area contributed by atoms with Crippen molar-refractivity contribution in [1.29, 1.82) is 0 Å². The number of carbonyl (C=O) groups excluding carboxylic acids is 1. The van der Waals surface area contributed by atoms with E-state index in [0.29, 0.717) is 36.0 Å². The second kappa shape index (κ2) is 12.5. The highest BCUT2D eigenvalue weighted by molar-refractivity contribution is 8.16. The van der Waals surface area contributed by atoms with Crippen LogP contribution in [0.2, 0.25) is 5.02 Å². The third-order valence-corrected chi connectivity index (χ3v) is 9.42. The molecule has 204 valence electrons. The molecular weight excluding hydrogens is 518 g/mol. The number of aliphatic carboxylic acids is 1. The minimum Gasteiger partial charge on any atom is -0.494 e. The molecular formula is C27H36ClNO7S. The first kappa shape index (κ1) is 29.3. The van der Waals surface area contributed by atoms with Crippen molar-refractivity contribution in [3.63, 3.8) is 0 Å². The van der Waals surface area contributed by atoms with E-state index in [4.69, 9.17) is 21.4 Å². The van der Waals surface area contributed by atoms with Crippen molar-refractivity contribution in [3.8, 4) is 5.75 Å². The fourth-order valence-electron chi connectivity index (χ4n) is 4.37. The van der Waals surface area contributed by atoms with Gasteiger partial charge in [0.2, 0.25) is 5.91 Å². The molecule has 5 atom stereocenters. The van der Waals surface area contributed by atoms with Gasteiger partial charge in [-0.25, -0.2) is 15.7 Å². The van der Waals surface area contributed by atoms with E-state index in [9.17, 15) is 24.9 Å². The Bertz CT molecular complexity index is 1090. The van der Waals surface area contributed by atoms with Crippen LogP contribution >= 0.6 is 22.5 Å². The van der Waals surface area contributed by atoms with Gasteiger partial charge in [-0.05, 0) is 67.8 Å². The summed E-state index contributed by atoms with van der Waals surface area (Å²) < 4.78 is 5.71. The molecule has 0 saturated carbocycles. The van der Waals surface area contributed by atoms with Crippen LogP contribution in [-0.2, 0) is 16.0 Å². The molecule has 1 aliphatic heterocycles. The summed E-state index contributed by atoms with van der Waals surface area (Å²) in [6, 6.07) is 13.2. The van der Waals surface area contributed by atoms with Crippen LogP contribution in [0, 0.1) is 0 Å². The Morgan fingerprint density at radius 3 is 2.43 bits per heavy atom. The van der Waals surface area contributed by atoms with Gasteiger partial charge in [0.15, 0.2) is 0 Å². The van der Waals surface area contributed by atoms with Crippen LogP contribution in [0.5, 0.6) is 5.75 Å². The Balaban J connectivity index is 1.56. The number of ether oxygens (including phenoxy) is 1. The summed E-state index contributed by atoms with van der Waals surface area (Å²) in [5.74, 6) is -0.300. The number of aliphatic hydroxyl groups is 3. The van der Waals surface area contributed by atoms with Crippen molar-refractivity contribution >= 4 is 34.4 Å². The van der Waals surface area contributed by atoms with Crippen LogP contribution in [0.4, 0.5) is 0 Å². The number of hydrogen-bond acceptors (Lipinski definition) is 6. The van der Waals surface area contributed by atoms with E-state index in [1.807, 2.05) is 48.7 Å². The van der Waals surface area contributed by atoms with Gasteiger partial charge in [0.05, 0.1) is 18.8 Å². The van der Waals surface area contributed by atoms with Crippen LogP contribution in [0.25, 0.3) is 0 Å². The number of nitrogens with one attached hydrogen (secondary N) is 1. The number of rotatable bonds is 10. The van der Waals surface area contributed by atoms with Gasteiger partial charge < -0.3 is 30.5 Å². The molecule has 0 bridgehead atoms. The number of benzene rings is 2. The highest BCUT2D eigenvalue weighted by Crippen LogP contribution is 2.48. The number of carbonyl (C=O) groups is 2. The maximum absolute atomic E-state index is 11.9. The predicted octanol–water partition coefficient (Wildman–Crippen LogP) is 2.84. The van der Waals surface area contributed by atoms with Crippen molar-refractivity contribution in [2.75, 3.05) is 18.6 Å². The number of hydrogen-bond donors (Lipinski definition) is 6. The van der Waals surface area contributed by atoms with Crippen LogP contribution < -0.4 is 10.1 Å². The molecule has 1 saturated heterocycles. The van der Waals surface area contributed by atoms with Crippen LogP contribution in [-0.4, -0.2) is 74.8 Å². The lowest BCUT2D eigenvalue weighted by atomic mass is 9.96. The third kappa shape index (κ3) is 7.61. The molecule has 10 heteroatoms. The Hall–Kier alpha value is -2.30. The van der Waals surface area contributed by atoms with Crippen molar-refractivity contribution in [2.24, 2.45) is 0 Å². The summed E-state index contributed by atoms with van der Waals surface area (Å²) in [6.07, 6.45) is 0.105. The van der Waals surface area contributed by atoms with E-state index < -0.39 is 40.7 Å². The first-order valence-electron chi connectivity index (χ1n) is 12.2. The van der Waals surface area contributed by atoms with E-state index >= 15 is 0 Å². The summed E-state index contributed by atoms with van der Waals surface area (Å²) in [5.41, 5.74) is 1.51. The third-order valence-electron chi connectivity index (χ3n) is 6.55. The molecule has 0 aliphatic carbocycles. The van der Waals surface area contributed by atoms with Crippen LogP contribution in [0.1, 0.15) is 48.6 Å². The second-order valence-corrected chi connectivity index (χ2v) is 12.9. The highest BCUT2D eigenvalue weighted by Gasteiger charge is 2.40. The molecule has 1 fully saturated rings. The molecule has 1 aliphatic rings. The van der Waals surface area contributed by atoms with Crippen molar-refractivity contribution < 1.29 is 34.8 Å². The fraction of sp³-hybridized carbons (Fsp3) is 0.481. The predicted molar refractivity (Wildman–Crippen MR) is 146 cm³/mol. The lowest BCUT2D eigenvalue weighted by Gasteiger charge is -2.42. The van der Waals surface area contributed by atoms with Gasteiger partial charge in [-0.3, -0.25) is 4.79 Å². The largest absolute Gasteiger partial charge is 0.494 e. The summed E-state index contributed by atoms with van der Waals surface area (Å²) in [7, 11) is -0.715. The average molecular weight is 554 g/mol. The lowest BCUT2D eigenvalue weighted by molar-refractivity contribution is -0.146. The highest BCUT2D eigenvalue weighted by atomic mass is 35.5. The Kier molecular flexibility index (Phi) is 9.88. The van der Waals surface area contributed by atoms with E-state index in [2.05, 4.69) is 5.32 Å². The summed E-state index contributed by atoms with van der Waals surface area (Å²) in [4.78, 5) is 23.0. The van der Waals surface area contributed by atoms with Gasteiger partial charge in [0.25, 0.3) is 0 Å². The minimum absolute atomic E-state index is 0.162. The Labute approximate surface area is 225 Å². The Morgan fingerprint density at radius 1 is 1.11 bits per heavy atom. The molecule has 1 heterocycles. The molecule has 1 amide bonds. The number of aliphatic hydroxyl groups excluding tert-OH is 3. The van der Waals surface area contributed by atoms with Gasteiger partial charge in [0.1, 0.15) is 17.4 Å². The zero-order valence-electron chi connectivity index (χ0n) is 21.2. The standard InChI is InChI=1S/C27H36ClNO7S/c1-27(2,26(34)35)29-22(31)5-4-12-36-19-9-6-16(7-10-19)13-18-14-17(8-11-20(18)28)25-24(33)23(32)21(30)15-37(25)3/h6-11,14,21,23-25,30,32-33,37H,4-5,12-13,15H2,1-3H3,(H,29,31)(H,34,35)/t21-,23-,24-,25+/m1/s1. The number of carboxylic acids is 1. The molecule has 37 heavy (non-hydrogen) atoms. The first-order valence-corrected chi connectivity index (χ1v) is 14.6. The summed E-state index contributed by atoms with van der Waals surface area (Å²) in [5, 5.41) is 42.7. The monoisotopic (exact) mass is 553 g/mol. The topological polar surface area (TPSA) is 136 Å². The van der Waals surface area contributed by atoms with Gasteiger partial charge in [-0.15, -0.1) is 0 Å². The molecule has 0 spiro atoms. The van der Waals surface area contributed by atoms with Crippen LogP contribution in [0.3, 0.4) is 0 Å². The van der Waals surface area contributed by atoms with Crippen LogP contribution in [0.15, 0.2) is 42.5 Å². The van der Waals surface area contributed by atoms with Crippen molar-refractivity contribution in [3.05, 3.63) is 64.2 Å². The summed E-state index contributed by atoms with van der Waals surface area (Å²) >= 11 is 6.47. The summed E-state index contributed by atoms with van der Waals surface area (Å²) in [6.45, 7) is 3.19. The Morgan fingerprint density at radius 2 is 1.78 bits per heavy atom. The van der Waals surface area contributed by atoms with Crippen molar-refractivity contribution in [2.45, 2.75) is 62.2 Å². The van der Waals surface area contributed by atoms with E-state index in [0.717, 1.165) is 16.7 Å². The van der Waals surface area contributed by atoms with E-state index in [-0.39, 0.29) is 17.6 Å². The smallest absolute Gasteiger partial charge is 0.328 e. The molecule has 1 unspecified atom stereocenters. The lowest BCUT2D eigenvalue weighted by Crippen LogP contribution is -2.49. The maximum Gasteiger partial charge on any atom is 0.328 e. The zero-order valence-corrected chi connectivity index (χ0v) is 22.9. The SMILES string of the molecule is C[SH]1C[C@@H](O)[C@@H](O)[C@@H](O)[C@@H]1c1ccc(Cl)c(Cc2ccc(OCCCC(=O)NC(C)(C)C(=O)O)cc2)c1. The van der Waals surface area contributed by atoms with E-state index in [1.165, 1.54) is 13.8 Å². The van der Waals surface area contributed by atoms with Gasteiger partial charge in [-0.2, -0.15) is 0 Å². The maximum atomic E-state index is 11.9. The molecule has 2 aromatic rings. The first-order chi connectivity index (χ1) is 17.4. The molecule has 3 rings (SSSR count). The molecule has 5 N–H and O–H groups in total. The molecule has 0 radical (unpaired) electrons. The van der Waals surface area contributed by atoms with E-state index in [1.54, 1.807) is 0 Å². The van der Waals surface area contributed by atoms with Gasteiger partial charge >= 0.3 is 5.97 Å². The fourth-order valence-corrected chi connectivity index (χ4v) is 6.95. The minimum atomic E-state index is -1.31. The van der Waals surface area contributed by atoms with Gasteiger partial charge in [-0.1, -0.05) is 35.9 Å². The molecule has 2 aromatic carbocycles. The second-order valence-electron chi connectivity index (χ2n) is 10.0. The molecule has 8 nitrogen and oxygen atoms in total. The molecule has 0 aromatic heterocycles. The van der Waals surface area contributed by atoms with Crippen molar-refractivity contribution in [1.82, 2.24) is 5.32 Å². The number of carboxylic acid groups (broad SMARTS) is 1. The number of halogens is 1. The normalized spacial score (nSPS) is 24.9. The quantitative estimate of drug-likeness (QED) is 0.197. The number of amides is 1. The zero-order chi connectivity index (χ0) is 27.3. The van der Waals surface area contributed by atoms with Gasteiger partial charge in [0, 0.05) is 22.4 Å². The number of thiol groups is 1.